The molecule has 3 heterocycles. The molecule has 1 spiro atoms. The predicted molar refractivity (Wildman–Crippen MR) is 109 cm³/mol. The number of hydrogen-bond acceptors (Lipinski definition) is 4. The molecule has 1 aliphatic carbocycles. The van der Waals surface area contributed by atoms with Gasteiger partial charge in [-0.05, 0) is 42.2 Å². The van der Waals surface area contributed by atoms with Crippen LogP contribution in [0.25, 0.3) is 11.1 Å². The topological polar surface area (TPSA) is 43.7 Å². The molecule has 166 valence electrons. The highest BCUT2D eigenvalue weighted by Gasteiger charge is 2.42. The number of aromatic nitrogens is 1. The molecule has 2 aliphatic heterocycles. The number of nitrogens with zero attached hydrogens (tertiary/aromatic N) is 2. The number of hydrogen-bond donors (Lipinski definition) is 0. The zero-order valence-electron chi connectivity index (χ0n) is 17.2. The maximum Gasteiger partial charge on any atom is 0.406 e. The summed E-state index contributed by atoms with van der Waals surface area (Å²) in [6.45, 7) is 1.03. The molecule has 5 rings (SSSR count). The first-order chi connectivity index (χ1) is 14.8. The number of rotatable bonds is 3. The lowest BCUT2D eigenvalue weighted by Gasteiger charge is -2.47. The van der Waals surface area contributed by atoms with E-state index >= 15 is 0 Å². The van der Waals surface area contributed by atoms with Gasteiger partial charge in [-0.2, -0.15) is 13.2 Å². The average molecular weight is 434 g/mol. The Labute approximate surface area is 178 Å². The third-order valence-corrected chi connectivity index (χ3v) is 6.66. The van der Waals surface area contributed by atoms with Crippen molar-refractivity contribution in [1.29, 1.82) is 0 Å². The SMILES string of the molecule is O=c1ccc(-c2ccc3c(c2)COC2(CCN(C4CCC4)CC2)O3)cn1CC(F)(F)F. The van der Waals surface area contributed by atoms with Gasteiger partial charge in [-0.15, -0.1) is 0 Å². The molecule has 3 aliphatic rings. The monoisotopic (exact) mass is 434 g/mol. The molecule has 8 heteroatoms. The van der Waals surface area contributed by atoms with Crippen LogP contribution in [0.2, 0.25) is 0 Å². The van der Waals surface area contributed by atoms with Crippen LogP contribution in [0.4, 0.5) is 13.2 Å². The standard InChI is InChI=1S/C23H25F3N2O3/c24-23(25,26)15-28-13-17(5-7-21(28)29)16-4-6-20-18(12-16)14-30-22(31-20)8-10-27(11-9-22)19-2-1-3-19/h4-7,12-13,19H,1-3,8-11,14-15H2. The second-order valence-electron chi connectivity index (χ2n) is 8.74. The molecule has 0 N–H and O–H groups in total. The zero-order chi connectivity index (χ0) is 21.6. The van der Waals surface area contributed by atoms with Gasteiger partial charge in [0.15, 0.2) is 0 Å². The van der Waals surface area contributed by atoms with Crippen molar-refractivity contribution < 1.29 is 22.6 Å². The summed E-state index contributed by atoms with van der Waals surface area (Å²) in [6, 6.07) is 8.96. The van der Waals surface area contributed by atoms with Crippen LogP contribution in [-0.4, -0.2) is 40.6 Å². The molecule has 0 amide bonds. The zero-order valence-corrected chi connectivity index (χ0v) is 17.2. The summed E-state index contributed by atoms with van der Waals surface area (Å²) in [6.07, 6.45) is 2.35. The lowest BCUT2D eigenvalue weighted by molar-refractivity contribution is -0.231. The van der Waals surface area contributed by atoms with Crippen molar-refractivity contribution in [3.8, 4) is 16.9 Å². The number of ether oxygens (including phenoxy) is 2. The summed E-state index contributed by atoms with van der Waals surface area (Å²) < 4.78 is 51.4. The number of alkyl halides is 3. The van der Waals surface area contributed by atoms with Crippen molar-refractivity contribution >= 4 is 0 Å². The fourth-order valence-corrected chi connectivity index (χ4v) is 4.66. The van der Waals surface area contributed by atoms with Crippen LogP contribution < -0.4 is 10.3 Å². The summed E-state index contributed by atoms with van der Waals surface area (Å²) in [7, 11) is 0. The molecule has 2 aromatic rings. The molecule has 2 fully saturated rings. The molecule has 0 bridgehead atoms. The van der Waals surface area contributed by atoms with Crippen molar-refractivity contribution in [3.05, 3.63) is 52.4 Å². The molecule has 1 aromatic carbocycles. The summed E-state index contributed by atoms with van der Waals surface area (Å²) >= 11 is 0. The number of fused-ring (bicyclic) bond motifs is 1. The van der Waals surface area contributed by atoms with E-state index in [1.807, 2.05) is 18.2 Å². The van der Waals surface area contributed by atoms with Gasteiger partial charge in [-0.1, -0.05) is 12.5 Å². The van der Waals surface area contributed by atoms with E-state index in [-0.39, 0.29) is 0 Å². The smallest absolute Gasteiger partial charge is 0.406 e. The summed E-state index contributed by atoms with van der Waals surface area (Å²) in [5, 5.41) is 0. The van der Waals surface area contributed by atoms with Gasteiger partial charge < -0.3 is 14.0 Å². The first kappa shape index (κ1) is 20.6. The molecule has 0 unspecified atom stereocenters. The fraction of sp³-hybridized carbons (Fsp3) is 0.522. The Hall–Kier alpha value is -2.32. The number of pyridine rings is 1. The van der Waals surface area contributed by atoms with Crippen molar-refractivity contribution in [1.82, 2.24) is 9.47 Å². The number of halogens is 3. The van der Waals surface area contributed by atoms with Crippen molar-refractivity contribution in [3.63, 3.8) is 0 Å². The van der Waals surface area contributed by atoms with Gasteiger partial charge >= 0.3 is 6.18 Å². The quantitative estimate of drug-likeness (QED) is 0.721. The second-order valence-corrected chi connectivity index (χ2v) is 8.74. The second kappa shape index (κ2) is 7.67. The van der Waals surface area contributed by atoms with Crippen LogP contribution in [0, 0.1) is 0 Å². The van der Waals surface area contributed by atoms with Crippen molar-refractivity contribution in [2.75, 3.05) is 13.1 Å². The Morgan fingerprint density at radius 1 is 1.06 bits per heavy atom. The van der Waals surface area contributed by atoms with Crippen LogP contribution in [0.1, 0.15) is 37.7 Å². The Kier molecular flexibility index (Phi) is 5.09. The van der Waals surface area contributed by atoms with Gasteiger partial charge in [0.1, 0.15) is 12.3 Å². The Morgan fingerprint density at radius 3 is 2.48 bits per heavy atom. The maximum absolute atomic E-state index is 12.8. The minimum absolute atomic E-state index is 0.398. The minimum Gasteiger partial charge on any atom is -0.462 e. The Morgan fingerprint density at radius 2 is 1.81 bits per heavy atom. The predicted octanol–water partition coefficient (Wildman–Crippen LogP) is 4.33. The highest BCUT2D eigenvalue weighted by atomic mass is 19.4. The summed E-state index contributed by atoms with van der Waals surface area (Å²) in [4.78, 5) is 14.3. The molecule has 31 heavy (non-hydrogen) atoms. The van der Waals surface area contributed by atoms with E-state index in [9.17, 15) is 18.0 Å². The van der Waals surface area contributed by atoms with Crippen LogP contribution >= 0.6 is 0 Å². The van der Waals surface area contributed by atoms with Crippen molar-refractivity contribution in [2.45, 2.75) is 63.3 Å². The molecule has 1 aromatic heterocycles. The van der Waals surface area contributed by atoms with E-state index in [4.69, 9.17) is 9.47 Å². The molecule has 0 atom stereocenters. The van der Waals surface area contributed by atoms with Gasteiger partial charge in [0.25, 0.3) is 5.56 Å². The lowest BCUT2D eigenvalue weighted by Crippen LogP contribution is -2.54. The Balaban J connectivity index is 1.32. The minimum atomic E-state index is -4.46. The van der Waals surface area contributed by atoms with E-state index in [1.54, 1.807) is 6.07 Å². The van der Waals surface area contributed by atoms with E-state index in [0.29, 0.717) is 16.7 Å². The molecule has 1 saturated carbocycles. The maximum atomic E-state index is 12.8. The third kappa shape index (κ3) is 4.23. The fourth-order valence-electron chi connectivity index (χ4n) is 4.66. The molecule has 0 radical (unpaired) electrons. The van der Waals surface area contributed by atoms with Crippen LogP contribution in [0.5, 0.6) is 5.75 Å². The average Bonchev–Trinajstić information content (AvgIpc) is 2.69. The number of likely N-dealkylation sites (tertiary alicyclic amines) is 1. The summed E-state index contributed by atoms with van der Waals surface area (Å²) in [5.74, 6) is 0.171. The van der Waals surface area contributed by atoms with Gasteiger partial charge in [-0.3, -0.25) is 9.69 Å². The molecule has 1 saturated heterocycles. The molecular formula is C23H25F3N2O3. The lowest BCUT2D eigenvalue weighted by atomic mass is 9.89. The number of benzene rings is 1. The van der Waals surface area contributed by atoms with E-state index < -0.39 is 24.1 Å². The molecule has 5 nitrogen and oxygen atoms in total. The number of piperidine rings is 1. The van der Waals surface area contributed by atoms with Gasteiger partial charge in [0, 0.05) is 49.8 Å². The van der Waals surface area contributed by atoms with Gasteiger partial charge in [0.2, 0.25) is 5.79 Å². The summed E-state index contributed by atoms with van der Waals surface area (Å²) in [5.41, 5.74) is 1.44. The highest BCUT2D eigenvalue weighted by molar-refractivity contribution is 5.65. The third-order valence-electron chi connectivity index (χ3n) is 6.66. The van der Waals surface area contributed by atoms with Gasteiger partial charge in [-0.25, -0.2) is 0 Å². The van der Waals surface area contributed by atoms with Crippen molar-refractivity contribution in [2.24, 2.45) is 0 Å². The van der Waals surface area contributed by atoms with Crippen LogP contribution in [-0.2, 0) is 17.9 Å². The van der Waals surface area contributed by atoms with Crippen LogP contribution in [0.15, 0.2) is 41.3 Å². The van der Waals surface area contributed by atoms with E-state index in [2.05, 4.69) is 4.90 Å². The molecular weight excluding hydrogens is 409 g/mol. The first-order valence-corrected chi connectivity index (χ1v) is 10.8. The van der Waals surface area contributed by atoms with E-state index in [1.165, 1.54) is 31.5 Å². The van der Waals surface area contributed by atoms with Gasteiger partial charge in [0.05, 0.1) is 6.61 Å². The highest BCUT2D eigenvalue weighted by Crippen LogP contribution is 2.40. The Bertz CT molecular complexity index is 1020. The van der Waals surface area contributed by atoms with E-state index in [0.717, 1.165) is 48.8 Å². The first-order valence-electron chi connectivity index (χ1n) is 10.8. The van der Waals surface area contributed by atoms with Crippen LogP contribution in [0.3, 0.4) is 0 Å². The largest absolute Gasteiger partial charge is 0.462 e. The normalized spacial score (nSPS) is 21.4.